The van der Waals surface area contributed by atoms with Crippen molar-refractivity contribution in [2.45, 2.75) is 37.9 Å². The molecule has 2 atom stereocenters. The minimum absolute atomic E-state index is 0.309. The van der Waals surface area contributed by atoms with Gasteiger partial charge in [-0.3, -0.25) is 4.79 Å². The van der Waals surface area contributed by atoms with E-state index in [-0.39, 0.29) is 11.3 Å². The Morgan fingerprint density at radius 3 is 1.75 bits per heavy atom. The second kappa shape index (κ2) is 6.83. The molecule has 2 heterocycles. The van der Waals surface area contributed by atoms with Crippen LogP contribution in [-0.4, -0.2) is 41.7 Å². The maximum Gasteiger partial charge on any atom is 0.332 e. The molecule has 0 unspecified atom stereocenters. The molecule has 92 valence electrons. The Morgan fingerprint density at radius 2 is 1.56 bits per heavy atom. The number of rotatable bonds is 2. The first kappa shape index (κ1) is 13.4. The number of carbonyl (C=O) groups is 2. The van der Waals surface area contributed by atoms with Crippen molar-refractivity contribution in [2.24, 2.45) is 0 Å². The summed E-state index contributed by atoms with van der Waals surface area (Å²) < 4.78 is 9.75. The van der Waals surface area contributed by atoms with Crippen molar-refractivity contribution in [1.82, 2.24) is 0 Å². The van der Waals surface area contributed by atoms with E-state index in [1.54, 1.807) is 0 Å². The van der Waals surface area contributed by atoms with Gasteiger partial charge in [0.25, 0.3) is 0 Å². The molecular weight excluding hydrogens is 236 g/mol. The molecule has 2 aliphatic heterocycles. The van der Waals surface area contributed by atoms with E-state index in [0.717, 1.165) is 19.3 Å². The maximum absolute atomic E-state index is 10.3. The largest absolute Gasteiger partial charge is 0.479 e. The van der Waals surface area contributed by atoms with Crippen LogP contribution in [0.15, 0.2) is 0 Å². The van der Waals surface area contributed by atoms with Gasteiger partial charge in [-0.15, -0.1) is 0 Å². The molecule has 2 saturated heterocycles. The lowest BCUT2D eigenvalue weighted by Gasteiger charge is -1.98. The first-order valence-electron chi connectivity index (χ1n) is 5.26. The topological polar surface area (TPSA) is 72.8 Å². The molecule has 0 amide bonds. The SMILES string of the molecule is O=C(Cl)[C@H]1CCCO1.O=C(O)[C@H]1CCCO1. The number of carbonyl (C=O) groups excluding carboxylic acids is 1. The van der Waals surface area contributed by atoms with Crippen molar-refractivity contribution >= 4 is 22.8 Å². The summed E-state index contributed by atoms with van der Waals surface area (Å²) in [7, 11) is 0. The van der Waals surface area contributed by atoms with E-state index in [4.69, 9.17) is 26.2 Å². The number of ether oxygens (including phenoxy) is 2. The normalized spacial score (nSPS) is 28.3. The predicted molar refractivity (Wildman–Crippen MR) is 56.4 cm³/mol. The number of hydrogen-bond donors (Lipinski definition) is 1. The molecular formula is C10H15ClO5. The molecule has 0 aromatic rings. The Hall–Kier alpha value is -0.650. The van der Waals surface area contributed by atoms with Gasteiger partial charge in [0.05, 0.1) is 0 Å². The zero-order valence-corrected chi connectivity index (χ0v) is 9.61. The molecule has 0 saturated carbocycles. The van der Waals surface area contributed by atoms with Crippen molar-refractivity contribution in [2.75, 3.05) is 13.2 Å². The van der Waals surface area contributed by atoms with Crippen LogP contribution in [0.3, 0.4) is 0 Å². The van der Waals surface area contributed by atoms with E-state index in [0.29, 0.717) is 19.6 Å². The van der Waals surface area contributed by atoms with Gasteiger partial charge in [0.15, 0.2) is 6.10 Å². The molecule has 1 N–H and O–H groups in total. The Bertz CT molecular complexity index is 218. The molecule has 2 fully saturated rings. The van der Waals surface area contributed by atoms with E-state index in [2.05, 4.69) is 0 Å². The molecule has 0 bridgehead atoms. The molecule has 16 heavy (non-hydrogen) atoms. The quantitative estimate of drug-likeness (QED) is 0.745. The summed E-state index contributed by atoms with van der Waals surface area (Å²) >= 11 is 5.12. The van der Waals surface area contributed by atoms with Crippen molar-refractivity contribution in [1.29, 1.82) is 0 Å². The first-order valence-corrected chi connectivity index (χ1v) is 5.64. The highest BCUT2D eigenvalue weighted by molar-refractivity contribution is 6.64. The van der Waals surface area contributed by atoms with E-state index in [1.807, 2.05) is 0 Å². The fourth-order valence-corrected chi connectivity index (χ4v) is 1.70. The number of halogens is 1. The van der Waals surface area contributed by atoms with E-state index >= 15 is 0 Å². The molecule has 0 aromatic carbocycles. The highest BCUT2D eigenvalue weighted by atomic mass is 35.5. The van der Waals surface area contributed by atoms with Crippen molar-refractivity contribution in [3.63, 3.8) is 0 Å². The standard InChI is InChI=1S/C5H7ClO2.C5H8O3/c2*6-5(7)4-2-1-3-8-4/h4H,1-3H2;4H,1-3H2,(H,6,7)/t2*4-/m11/s1. The summed E-state index contributed by atoms with van der Waals surface area (Å²) in [6.45, 7) is 1.29. The summed E-state index contributed by atoms with van der Waals surface area (Å²) in [5, 5.41) is 7.93. The summed E-state index contributed by atoms with van der Waals surface area (Å²) in [6.07, 6.45) is 2.49. The lowest BCUT2D eigenvalue weighted by atomic mass is 10.2. The van der Waals surface area contributed by atoms with Crippen LogP contribution in [0.5, 0.6) is 0 Å². The summed E-state index contributed by atoms with van der Waals surface area (Å²) in [5.41, 5.74) is 0. The van der Waals surface area contributed by atoms with Crippen LogP contribution in [-0.2, 0) is 19.1 Å². The molecule has 0 spiro atoms. The lowest BCUT2D eigenvalue weighted by molar-refractivity contribution is -0.147. The fraction of sp³-hybridized carbons (Fsp3) is 0.800. The monoisotopic (exact) mass is 250 g/mol. The zero-order valence-electron chi connectivity index (χ0n) is 8.86. The molecule has 2 aliphatic rings. The van der Waals surface area contributed by atoms with Crippen LogP contribution in [0.25, 0.3) is 0 Å². The van der Waals surface area contributed by atoms with Crippen LogP contribution >= 0.6 is 11.6 Å². The number of aliphatic carboxylic acids is 1. The molecule has 5 nitrogen and oxygen atoms in total. The van der Waals surface area contributed by atoms with Gasteiger partial charge >= 0.3 is 5.97 Å². The third-order valence-corrected chi connectivity index (χ3v) is 2.63. The summed E-state index contributed by atoms with van der Waals surface area (Å²) in [6, 6.07) is 0. The van der Waals surface area contributed by atoms with E-state index < -0.39 is 12.1 Å². The zero-order chi connectivity index (χ0) is 12.0. The number of carboxylic acids is 1. The van der Waals surface area contributed by atoms with Crippen LogP contribution in [0, 0.1) is 0 Å². The molecule has 0 aromatic heterocycles. The summed E-state index contributed by atoms with van der Waals surface area (Å²) in [4.78, 5) is 20.4. The predicted octanol–water partition coefficient (Wildman–Crippen LogP) is 1.18. The van der Waals surface area contributed by atoms with Gasteiger partial charge in [-0.05, 0) is 37.3 Å². The van der Waals surface area contributed by atoms with Crippen LogP contribution in [0.4, 0.5) is 0 Å². The molecule has 2 rings (SSSR count). The maximum atomic E-state index is 10.3. The van der Waals surface area contributed by atoms with E-state index in [1.165, 1.54) is 0 Å². The number of hydrogen-bond acceptors (Lipinski definition) is 4. The Kier molecular flexibility index (Phi) is 5.73. The van der Waals surface area contributed by atoms with Gasteiger partial charge in [-0.25, -0.2) is 4.79 Å². The first-order chi connectivity index (χ1) is 7.61. The van der Waals surface area contributed by atoms with Crippen molar-refractivity contribution in [3.8, 4) is 0 Å². The third-order valence-electron chi connectivity index (χ3n) is 2.39. The van der Waals surface area contributed by atoms with E-state index in [9.17, 15) is 9.59 Å². The average molecular weight is 251 g/mol. The van der Waals surface area contributed by atoms with Crippen LogP contribution < -0.4 is 0 Å². The molecule has 0 aliphatic carbocycles. The van der Waals surface area contributed by atoms with Gasteiger partial charge in [-0.2, -0.15) is 0 Å². The highest BCUT2D eigenvalue weighted by Gasteiger charge is 2.22. The number of carboxylic acid groups (broad SMARTS) is 1. The molecule has 0 radical (unpaired) electrons. The highest BCUT2D eigenvalue weighted by Crippen LogP contribution is 2.13. The fourth-order valence-electron chi connectivity index (χ4n) is 1.53. The third kappa shape index (κ3) is 4.47. The van der Waals surface area contributed by atoms with Gasteiger partial charge in [0, 0.05) is 13.2 Å². The second-order valence-electron chi connectivity index (χ2n) is 3.65. The van der Waals surface area contributed by atoms with Gasteiger partial charge in [0.2, 0.25) is 5.24 Å². The Morgan fingerprint density at radius 1 is 1.06 bits per heavy atom. The van der Waals surface area contributed by atoms with Gasteiger partial charge < -0.3 is 14.6 Å². The smallest absolute Gasteiger partial charge is 0.332 e. The van der Waals surface area contributed by atoms with Gasteiger partial charge in [-0.1, -0.05) is 0 Å². The van der Waals surface area contributed by atoms with Crippen molar-refractivity contribution < 1.29 is 24.2 Å². The van der Waals surface area contributed by atoms with Crippen LogP contribution in [0.2, 0.25) is 0 Å². The lowest BCUT2D eigenvalue weighted by Crippen LogP contribution is -2.17. The molecule has 6 heteroatoms. The average Bonchev–Trinajstić information content (AvgIpc) is 2.93. The second-order valence-corrected chi connectivity index (χ2v) is 4.02. The van der Waals surface area contributed by atoms with Gasteiger partial charge in [0.1, 0.15) is 6.10 Å². The van der Waals surface area contributed by atoms with Crippen LogP contribution in [0.1, 0.15) is 25.7 Å². The minimum Gasteiger partial charge on any atom is -0.479 e. The Balaban J connectivity index is 0.000000160. The minimum atomic E-state index is -0.831. The van der Waals surface area contributed by atoms with Crippen molar-refractivity contribution in [3.05, 3.63) is 0 Å². The Labute approximate surface area is 98.7 Å². The summed E-state index contributed by atoms with van der Waals surface area (Å²) in [5.74, 6) is -0.831.